The summed E-state index contributed by atoms with van der Waals surface area (Å²) in [5.41, 5.74) is 0.997. The van der Waals surface area contributed by atoms with Crippen molar-refractivity contribution in [1.82, 2.24) is 9.97 Å². The van der Waals surface area contributed by atoms with Crippen molar-refractivity contribution in [2.75, 3.05) is 11.9 Å². The van der Waals surface area contributed by atoms with E-state index in [-0.39, 0.29) is 0 Å². The lowest BCUT2D eigenvalue weighted by Gasteiger charge is -2.16. The molecule has 0 aliphatic heterocycles. The normalized spacial score (nSPS) is 16.9. The summed E-state index contributed by atoms with van der Waals surface area (Å²) in [6.07, 6.45) is 4.22. The van der Waals surface area contributed by atoms with Crippen molar-refractivity contribution in [3.05, 3.63) is 11.9 Å². The molecule has 0 radical (unpaired) electrons. The second-order valence-corrected chi connectivity index (χ2v) is 4.36. The van der Waals surface area contributed by atoms with Gasteiger partial charge < -0.3 is 10.1 Å². The number of nitrogens with zero attached hydrogens (tertiary/aromatic N) is 2. The van der Waals surface area contributed by atoms with Crippen LogP contribution in [0.4, 0.5) is 5.82 Å². The van der Waals surface area contributed by atoms with Gasteiger partial charge in [0.05, 0.1) is 12.2 Å². The van der Waals surface area contributed by atoms with E-state index >= 15 is 0 Å². The zero-order valence-electron chi connectivity index (χ0n) is 10.2. The van der Waals surface area contributed by atoms with E-state index in [0.29, 0.717) is 18.5 Å². The highest BCUT2D eigenvalue weighted by molar-refractivity contribution is 5.48. The Kier molecular flexibility index (Phi) is 3.27. The first-order chi connectivity index (χ1) is 7.72. The number of hydrogen-bond donors (Lipinski definition) is 1. The van der Waals surface area contributed by atoms with Gasteiger partial charge in [-0.25, -0.2) is 9.97 Å². The van der Waals surface area contributed by atoms with E-state index in [0.717, 1.165) is 17.3 Å². The topological polar surface area (TPSA) is 47.0 Å². The average Bonchev–Trinajstić information content (AvgIpc) is 3.07. The first kappa shape index (κ1) is 11.2. The molecule has 2 rings (SSSR count). The van der Waals surface area contributed by atoms with Crippen LogP contribution < -0.4 is 10.1 Å². The third-order valence-corrected chi connectivity index (χ3v) is 3.01. The third kappa shape index (κ3) is 2.43. The van der Waals surface area contributed by atoms with E-state index in [1.165, 1.54) is 12.8 Å². The van der Waals surface area contributed by atoms with Crippen LogP contribution in [0.3, 0.4) is 0 Å². The molecule has 1 N–H and O–H groups in total. The first-order valence-corrected chi connectivity index (χ1v) is 5.93. The lowest BCUT2D eigenvalue weighted by atomic mass is 10.2. The quantitative estimate of drug-likeness (QED) is 0.829. The highest BCUT2D eigenvalue weighted by atomic mass is 16.5. The number of ether oxygens (including phenoxy) is 1. The van der Waals surface area contributed by atoms with Crippen LogP contribution in [0.2, 0.25) is 0 Å². The molecule has 0 saturated heterocycles. The van der Waals surface area contributed by atoms with Crippen LogP contribution in [0.5, 0.6) is 5.88 Å². The van der Waals surface area contributed by atoms with E-state index < -0.39 is 0 Å². The van der Waals surface area contributed by atoms with Crippen molar-refractivity contribution in [3.63, 3.8) is 0 Å². The second kappa shape index (κ2) is 4.68. The SMILES string of the molecule is CCOc1ncnc(NC(C)C2CC2)c1C. The average molecular weight is 221 g/mol. The summed E-state index contributed by atoms with van der Waals surface area (Å²) in [5.74, 6) is 2.39. The van der Waals surface area contributed by atoms with Crippen LogP contribution >= 0.6 is 0 Å². The molecule has 1 aliphatic rings. The number of hydrogen-bond acceptors (Lipinski definition) is 4. The van der Waals surface area contributed by atoms with Crippen LogP contribution in [-0.2, 0) is 0 Å². The fourth-order valence-electron chi connectivity index (χ4n) is 1.79. The molecule has 0 amide bonds. The molecule has 1 heterocycles. The Morgan fingerprint density at radius 2 is 2.25 bits per heavy atom. The molecule has 0 bridgehead atoms. The summed E-state index contributed by atoms with van der Waals surface area (Å²) >= 11 is 0. The summed E-state index contributed by atoms with van der Waals surface area (Å²) in [6.45, 7) is 6.80. The Labute approximate surface area is 96.4 Å². The first-order valence-electron chi connectivity index (χ1n) is 5.93. The maximum absolute atomic E-state index is 5.44. The molecule has 1 fully saturated rings. The van der Waals surface area contributed by atoms with E-state index in [4.69, 9.17) is 4.74 Å². The van der Waals surface area contributed by atoms with Gasteiger partial charge in [0.2, 0.25) is 5.88 Å². The van der Waals surface area contributed by atoms with Gasteiger partial charge >= 0.3 is 0 Å². The summed E-state index contributed by atoms with van der Waals surface area (Å²) < 4.78 is 5.44. The van der Waals surface area contributed by atoms with E-state index in [1.807, 2.05) is 13.8 Å². The maximum atomic E-state index is 5.44. The zero-order chi connectivity index (χ0) is 11.5. The lowest BCUT2D eigenvalue weighted by molar-refractivity contribution is 0.323. The van der Waals surface area contributed by atoms with Crippen LogP contribution in [0.15, 0.2) is 6.33 Å². The Bertz CT molecular complexity index is 363. The molecule has 1 atom stereocenters. The summed E-state index contributed by atoms with van der Waals surface area (Å²) in [6, 6.07) is 0.489. The molecule has 4 nitrogen and oxygen atoms in total. The summed E-state index contributed by atoms with van der Waals surface area (Å²) in [7, 11) is 0. The zero-order valence-corrected chi connectivity index (χ0v) is 10.2. The Morgan fingerprint density at radius 1 is 1.50 bits per heavy atom. The van der Waals surface area contributed by atoms with Crippen LogP contribution in [0.25, 0.3) is 0 Å². The molecule has 1 aliphatic carbocycles. The van der Waals surface area contributed by atoms with E-state index in [1.54, 1.807) is 6.33 Å². The van der Waals surface area contributed by atoms with Crippen molar-refractivity contribution < 1.29 is 4.74 Å². The largest absolute Gasteiger partial charge is 0.478 e. The molecule has 1 aromatic rings. The number of aromatic nitrogens is 2. The number of nitrogens with one attached hydrogen (secondary N) is 1. The van der Waals surface area contributed by atoms with Gasteiger partial charge in [-0.2, -0.15) is 0 Å². The van der Waals surface area contributed by atoms with Gasteiger partial charge in [0.25, 0.3) is 0 Å². The summed E-state index contributed by atoms with van der Waals surface area (Å²) in [4.78, 5) is 8.39. The molecule has 1 saturated carbocycles. The Balaban J connectivity index is 2.10. The van der Waals surface area contributed by atoms with Crippen molar-refractivity contribution in [2.45, 2.75) is 39.7 Å². The highest BCUT2D eigenvalue weighted by Crippen LogP contribution is 2.34. The van der Waals surface area contributed by atoms with Crippen molar-refractivity contribution in [3.8, 4) is 5.88 Å². The van der Waals surface area contributed by atoms with Gasteiger partial charge in [-0.15, -0.1) is 0 Å². The molecule has 0 aromatic carbocycles. The predicted octanol–water partition coefficient (Wildman–Crippen LogP) is 2.39. The molecule has 16 heavy (non-hydrogen) atoms. The smallest absolute Gasteiger partial charge is 0.221 e. The molecular formula is C12H19N3O. The van der Waals surface area contributed by atoms with Gasteiger partial charge in [0, 0.05) is 6.04 Å². The van der Waals surface area contributed by atoms with Crippen LogP contribution in [-0.4, -0.2) is 22.6 Å². The molecule has 1 unspecified atom stereocenters. The monoisotopic (exact) mass is 221 g/mol. The van der Waals surface area contributed by atoms with E-state index in [9.17, 15) is 0 Å². The molecule has 1 aromatic heterocycles. The van der Waals surface area contributed by atoms with Crippen molar-refractivity contribution in [1.29, 1.82) is 0 Å². The lowest BCUT2D eigenvalue weighted by Crippen LogP contribution is -2.19. The van der Waals surface area contributed by atoms with Crippen molar-refractivity contribution in [2.24, 2.45) is 5.92 Å². The van der Waals surface area contributed by atoms with Gasteiger partial charge in [0.1, 0.15) is 12.1 Å². The maximum Gasteiger partial charge on any atom is 0.221 e. The molecular weight excluding hydrogens is 202 g/mol. The fourth-order valence-corrected chi connectivity index (χ4v) is 1.79. The van der Waals surface area contributed by atoms with Gasteiger partial charge in [-0.3, -0.25) is 0 Å². The van der Waals surface area contributed by atoms with Crippen LogP contribution in [0.1, 0.15) is 32.3 Å². The highest BCUT2D eigenvalue weighted by Gasteiger charge is 2.28. The minimum Gasteiger partial charge on any atom is -0.478 e. The van der Waals surface area contributed by atoms with Gasteiger partial charge in [-0.1, -0.05) is 0 Å². The van der Waals surface area contributed by atoms with Gasteiger partial charge in [0.15, 0.2) is 0 Å². The Morgan fingerprint density at radius 3 is 2.88 bits per heavy atom. The fraction of sp³-hybridized carbons (Fsp3) is 0.667. The predicted molar refractivity (Wildman–Crippen MR) is 63.7 cm³/mol. The molecule has 88 valence electrons. The number of rotatable bonds is 5. The van der Waals surface area contributed by atoms with Gasteiger partial charge in [-0.05, 0) is 39.5 Å². The number of anilines is 1. The molecule has 0 spiro atoms. The van der Waals surface area contributed by atoms with Crippen LogP contribution in [0, 0.1) is 12.8 Å². The minimum absolute atomic E-state index is 0.489. The standard InChI is InChI=1S/C12H19N3O/c1-4-16-12-8(2)11(13-7-14-12)15-9(3)10-5-6-10/h7,9-10H,4-6H2,1-3H3,(H,13,14,15). The second-order valence-electron chi connectivity index (χ2n) is 4.36. The third-order valence-electron chi connectivity index (χ3n) is 3.01. The summed E-state index contributed by atoms with van der Waals surface area (Å²) in [5, 5.41) is 3.44. The van der Waals surface area contributed by atoms with Crippen molar-refractivity contribution >= 4 is 5.82 Å². The molecule has 4 heteroatoms. The minimum atomic E-state index is 0.489. The van der Waals surface area contributed by atoms with E-state index in [2.05, 4.69) is 22.2 Å². The Hall–Kier alpha value is -1.32.